The van der Waals surface area contributed by atoms with Gasteiger partial charge in [-0.15, -0.1) is 11.8 Å². The van der Waals surface area contributed by atoms with Gasteiger partial charge in [-0.3, -0.25) is 9.78 Å². The van der Waals surface area contributed by atoms with Crippen LogP contribution in [0.3, 0.4) is 0 Å². The molecule has 2 unspecified atom stereocenters. The molecule has 0 aliphatic rings. The molecule has 1 amide bonds. The third kappa shape index (κ3) is 4.24. The normalized spacial score (nSPS) is 13.5. The molecule has 0 saturated heterocycles. The molecule has 1 aromatic carbocycles. The molecule has 0 N–H and O–H groups in total. The maximum atomic E-state index is 12.6. The van der Waals surface area contributed by atoms with Crippen molar-refractivity contribution in [2.45, 2.75) is 30.0 Å². The Morgan fingerprint density at radius 3 is 2.50 bits per heavy atom. The summed E-state index contributed by atoms with van der Waals surface area (Å²) in [4.78, 5) is 19.5. The van der Waals surface area contributed by atoms with Crippen molar-refractivity contribution in [1.82, 2.24) is 9.88 Å². The van der Waals surface area contributed by atoms with Gasteiger partial charge in [0.15, 0.2) is 0 Å². The smallest absolute Gasteiger partial charge is 0.236 e. The van der Waals surface area contributed by atoms with Crippen LogP contribution < -0.4 is 0 Å². The molecule has 3 nitrogen and oxygen atoms in total. The van der Waals surface area contributed by atoms with Gasteiger partial charge in [0, 0.05) is 29.4 Å². The fourth-order valence-corrected chi connectivity index (χ4v) is 3.19. The van der Waals surface area contributed by atoms with Crippen molar-refractivity contribution >= 4 is 29.3 Å². The molecule has 0 spiro atoms. The van der Waals surface area contributed by atoms with Crippen molar-refractivity contribution in [2.24, 2.45) is 0 Å². The monoisotopic (exact) mass is 334 g/mol. The van der Waals surface area contributed by atoms with Crippen LogP contribution in [0, 0.1) is 0 Å². The number of carbonyl (C=O) groups excluding carboxylic acids is 1. The summed E-state index contributed by atoms with van der Waals surface area (Å²) in [7, 11) is 1.83. The molecule has 5 heteroatoms. The van der Waals surface area contributed by atoms with Gasteiger partial charge < -0.3 is 4.90 Å². The number of rotatable bonds is 5. The number of hydrogen-bond donors (Lipinski definition) is 0. The van der Waals surface area contributed by atoms with Gasteiger partial charge in [-0.2, -0.15) is 0 Å². The fraction of sp³-hybridized carbons (Fsp3) is 0.294. The molecule has 1 aromatic heterocycles. The third-order valence-electron chi connectivity index (χ3n) is 3.57. The van der Waals surface area contributed by atoms with E-state index in [0.29, 0.717) is 5.02 Å². The molecule has 116 valence electrons. The summed E-state index contributed by atoms with van der Waals surface area (Å²) < 4.78 is 0. The van der Waals surface area contributed by atoms with Crippen LogP contribution in [0.2, 0.25) is 5.02 Å². The van der Waals surface area contributed by atoms with Crippen LogP contribution in [0.25, 0.3) is 0 Å². The lowest BCUT2D eigenvalue weighted by Gasteiger charge is -2.27. The van der Waals surface area contributed by atoms with Crippen LogP contribution in [0.1, 0.15) is 25.5 Å². The minimum Gasteiger partial charge on any atom is -0.338 e. The maximum Gasteiger partial charge on any atom is 0.236 e. The maximum absolute atomic E-state index is 12.6. The Balaban J connectivity index is 2.01. The molecule has 2 rings (SSSR count). The summed E-state index contributed by atoms with van der Waals surface area (Å²) in [6.45, 7) is 3.93. The van der Waals surface area contributed by atoms with E-state index in [1.54, 1.807) is 17.3 Å². The molecule has 1 heterocycles. The summed E-state index contributed by atoms with van der Waals surface area (Å²) in [5.74, 6) is 0.0938. The Kier molecular flexibility index (Phi) is 5.86. The SMILES string of the molecule is CC(Sc1ccc(Cl)cc1)C(=O)N(C)C(C)c1cccnc1. The van der Waals surface area contributed by atoms with E-state index in [1.807, 2.05) is 57.3 Å². The molecule has 2 atom stereocenters. The molecule has 0 fully saturated rings. The van der Waals surface area contributed by atoms with Crippen LogP contribution in [0.5, 0.6) is 0 Å². The second kappa shape index (κ2) is 7.65. The zero-order valence-corrected chi connectivity index (χ0v) is 14.4. The topological polar surface area (TPSA) is 33.2 Å². The van der Waals surface area contributed by atoms with E-state index in [-0.39, 0.29) is 17.2 Å². The lowest BCUT2D eigenvalue weighted by molar-refractivity contribution is -0.130. The summed E-state index contributed by atoms with van der Waals surface area (Å²) in [5, 5.41) is 0.538. The first-order valence-electron chi connectivity index (χ1n) is 7.08. The first-order chi connectivity index (χ1) is 10.5. The van der Waals surface area contributed by atoms with Crippen molar-refractivity contribution in [3.63, 3.8) is 0 Å². The van der Waals surface area contributed by atoms with Crippen molar-refractivity contribution in [3.05, 3.63) is 59.4 Å². The molecule has 22 heavy (non-hydrogen) atoms. The van der Waals surface area contributed by atoms with Crippen LogP contribution in [0.4, 0.5) is 0 Å². The third-order valence-corrected chi connectivity index (χ3v) is 4.92. The van der Waals surface area contributed by atoms with E-state index in [9.17, 15) is 4.79 Å². The summed E-state index contributed by atoms with van der Waals surface area (Å²) >= 11 is 7.42. The van der Waals surface area contributed by atoms with Crippen LogP contribution in [0.15, 0.2) is 53.7 Å². The molecule has 0 radical (unpaired) electrons. The number of halogens is 1. The molecule has 0 aliphatic carbocycles. The second-order valence-corrected chi connectivity index (χ2v) is 6.98. The number of thioether (sulfide) groups is 1. The number of nitrogens with zero attached hydrogens (tertiary/aromatic N) is 2. The van der Waals surface area contributed by atoms with Crippen LogP contribution >= 0.6 is 23.4 Å². The Bertz CT molecular complexity index is 618. The number of aromatic nitrogens is 1. The summed E-state index contributed by atoms with van der Waals surface area (Å²) in [6.07, 6.45) is 3.53. The van der Waals surface area contributed by atoms with Gasteiger partial charge >= 0.3 is 0 Å². The number of hydrogen-bond acceptors (Lipinski definition) is 3. The second-order valence-electron chi connectivity index (χ2n) is 5.13. The van der Waals surface area contributed by atoms with Gasteiger partial charge in [0.2, 0.25) is 5.91 Å². The fourth-order valence-electron chi connectivity index (χ4n) is 2.09. The average molecular weight is 335 g/mol. The highest BCUT2D eigenvalue weighted by Crippen LogP contribution is 2.27. The zero-order valence-electron chi connectivity index (χ0n) is 12.9. The predicted molar refractivity (Wildman–Crippen MR) is 92.2 cm³/mol. The number of amides is 1. The van der Waals surface area contributed by atoms with Crippen molar-refractivity contribution in [3.8, 4) is 0 Å². The van der Waals surface area contributed by atoms with Crippen LogP contribution in [-0.2, 0) is 4.79 Å². The van der Waals surface area contributed by atoms with E-state index >= 15 is 0 Å². The van der Waals surface area contributed by atoms with Gasteiger partial charge in [-0.1, -0.05) is 17.7 Å². The predicted octanol–water partition coefficient (Wildman–Crippen LogP) is 4.44. The summed E-state index contributed by atoms with van der Waals surface area (Å²) in [5.41, 5.74) is 1.03. The van der Waals surface area contributed by atoms with Gasteiger partial charge in [-0.05, 0) is 49.7 Å². The van der Waals surface area contributed by atoms with Gasteiger partial charge in [-0.25, -0.2) is 0 Å². The standard InChI is InChI=1S/C17H19ClN2OS/c1-12(14-5-4-10-19-11-14)20(3)17(21)13(2)22-16-8-6-15(18)7-9-16/h4-13H,1-3H3. The minimum absolute atomic E-state index is 0.00512. The molecule has 0 saturated carbocycles. The highest BCUT2D eigenvalue weighted by molar-refractivity contribution is 8.00. The Labute approximate surface area is 140 Å². The number of pyridine rings is 1. The van der Waals surface area contributed by atoms with Gasteiger partial charge in [0.1, 0.15) is 0 Å². The van der Waals surface area contributed by atoms with Crippen LogP contribution in [-0.4, -0.2) is 28.1 Å². The highest BCUT2D eigenvalue weighted by atomic mass is 35.5. The molecule has 2 aromatic rings. The van der Waals surface area contributed by atoms with E-state index in [1.165, 1.54) is 11.8 Å². The number of carbonyl (C=O) groups is 1. The summed E-state index contributed by atoms with van der Waals surface area (Å²) in [6, 6.07) is 11.4. The lowest BCUT2D eigenvalue weighted by Crippen LogP contribution is -2.35. The minimum atomic E-state index is -0.162. The molecule has 0 bridgehead atoms. The Morgan fingerprint density at radius 1 is 1.23 bits per heavy atom. The van der Waals surface area contributed by atoms with E-state index in [0.717, 1.165) is 10.5 Å². The van der Waals surface area contributed by atoms with Crippen molar-refractivity contribution < 1.29 is 4.79 Å². The van der Waals surface area contributed by atoms with E-state index < -0.39 is 0 Å². The molecular formula is C17H19ClN2OS. The Hall–Kier alpha value is -1.52. The average Bonchev–Trinajstić information content (AvgIpc) is 2.55. The zero-order chi connectivity index (χ0) is 16.1. The van der Waals surface area contributed by atoms with E-state index in [4.69, 9.17) is 11.6 Å². The van der Waals surface area contributed by atoms with Crippen molar-refractivity contribution in [2.75, 3.05) is 7.05 Å². The van der Waals surface area contributed by atoms with Gasteiger partial charge in [0.25, 0.3) is 0 Å². The largest absolute Gasteiger partial charge is 0.338 e. The van der Waals surface area contributed by atoms with E-state index in [2.05, 4.69) is 4.98 Å². The molecule has 0 aliphatic heterocycles. The van der Waals surface area contributed by atoms with Crippen molar-refractivity contribution in [1.29, 1.82) is 0 Å². The number of benzene rings is 1. The first kappa shape index (κ1) is 16.8. The molecular weight excluding hydrogens is 316 g/mol. The van der Waals surface area contributed by atoms with Gasteiger partial charge in [0.05, 0.1) is 11.3 Å². The Morgan fingerprint density at radius 2 is 1.91 bits per heavy atom. The lowest BCUT2D eigenvalue weighted by atomic mass is 10.1. The highest BCUT2D eigenvalue weighted by Gasteiger charge is 2.23. The first-order valence-corrected chi connectivity index (χ1v) is 8.33. The quantitative estimate of drug-likeness (QED) is 0.758.